The first-order valence-corrected chi connectivity index (χ1v) is 25.6. The third kappa shape index (κ3) is 11.8. The van der Waals surface area contributed by atoms with Crippen molar-refractivity contribution in [1.29, 1.82) is 0 Å². The summed E-state index contributed by atoms with van der Waals surface area (Å²) < 4.78 is 15.8. The molecule has 0 bridgehead atoms. The van der Waals surface area contributed by atoms with E-state index in [2.05, 4.69) is 109 Å². The predicted octanol–water partition coefficient (Wildman–Crippen LogP) is 8.05. The minimum Gasteiger partial charge on any atom is -0.378 e. The third-order valence-corrected chi connectivity index (χ3v) is 12.9. The number of hydrazine groups is 1. The first-order chi connectivity index (χ1) is 36.5. The summed E-state index contributed by atoms with van der Waals surface area (Å²) in [6.07, 6.45) is 10.5. The molecule has 2 aromatic carbocycles. The van der Waals surface area contributed by atoms with Gasteiger partial charge in [-0.3, -0.25) is 9.97 Å². The van der Waals surface area contributed by atoms with E-state index in [1.807, 2.05) is 24.3 Å². The molecular weight excluding hydrogens is 949 g/mol. The van der Waals surface area contributed by atoms with Crippen LogP contribution in [-0.4, -0.2) is 128 Å². The van der Waals surface area contributed by atoms with E-state index in [0.29, 0.717) is 99.6 Å². The third-order valence-electron chi connectivity index (χ3n) is 12.9. The lowest BCUT2D eigenvalue weighted by Crippen LogP contribution is -2.53. The maximum Gasteiger partial charge on any atom is 0.345 e. The minimum atomic E-state index is -0.617. The Morgan fingerprint density at radius 3 is 1.39 bits per heavy atom. The number of pyridine rings is 2. The number of nitrogens with one attached hydrogen (secondary N) is 4. The number of morpholine rings is 2. The van der Waals surface area contributed by atoms with Crippen molar-refractivity contribution in [2.45, 2.75) is 59.3 Å². The molecule has 4 N–H and O–H groups in total. The molecule has 6 aromatic heterocycles. The smallest absolute Gasteiger partial charge is 0.345 e. The lowest BCUT2D eigenvalue weighted by molar-refractivity contribution is 0.122. The Bertz CT molecular complexity index is 3200. The molecule has 20 heteroatoms. The molecular formula is C55H64N16O4. The van der Waals surface area contributed by atoms with Crippen LogP contribution in [0, 0.1) is 0 Å². The Hall–Kier alpha value is -8.04. The molecule has 4 amide bonds. The zero-order valence-electron chi connectivity index (χ0n) is 43.1. The number of benzene rings is 2. The summed E-state index contributed by atoms with van der Waals surface area (Å²) >= 11 is 0. The van der Waals surface area contributed by atoms with Crippen molar-refractivity contribution < 1.29 is 19.1 Å². The molecule has 0 atom stereocenters. The molecule has 0 unspecified atom stereocenters. The summed E-state index contributed by atoms with van der Waals surface area (Å²) in [5.41, 5.74) is 4.75. The van der Waals surface area contributed by atoms with Gasteiger partial charge in [0.05, 0.1) is 48.6 Å². The molecule has 2 saturated heterocycles. The lowest BCUT2D eigenvalue weighted by atomic mass is 10.1. The van der Waals surface area contributed by atoms with E-state index in [1.165, 1.54) is 10.0 Å². The maximum absolute atomic E-state index is 15.0. The quantitative estimate of drug-likeness (QED) is 0.0719. The molecule has 2 fully saturated rings. The summed E-state index contributed by atoms with van der Waals surface area (Å²) in [5, 5.41) is 17.6. The molecule has 0 aliphatic carbocycles. The van der Waals surface area contributed by atoms with Crippen LogP contribution in [0.2, 0.25) is 0 Å². The Morgan fingerprint density at radius 2 is 0.987 bits per heavy atom. The van der Waals surface area contributed by atoms with Gasteiger partial charge in [0.25, 0.3) is 0 Å². The summed E-state index contributed by atoms with van der Waals surface area (Å²) in [7, 11) is 0. The fraction of sp³-hybridized carbons (Fsp3) is 0.345. The number of carbonyl (C=O) groups excluding carboxylic acids is 2. The highest BCUT2D eigenvalue weighted by Gasteiger charge is 2.31. The molecule has 0 saturated carbocycles. The molecule has 0 radical (unpaired) electrons. The molecule has 2 aliphatic rings. The molecule has 388 valence electrons. The van der Waals surface area contributed by atoms with Gasteiger partial charge in [-0.15, -0.1) is 0 Å². The van der Waals surface area contributed by atoms with Crippen molar-refractivity contribution in [3.63, 3.8) is 0 Å². The summed E-state index contributed by atoms with van der Waals surface area (Å²) in [6.45, 7) is 18.9. The van der Waals surface area contributed by atoms with E-state index in [1.54, 1.807) is 73.3 Å². The standard InChI is InChI=1S/C55H64N16O4/c1-38(2)58-24-28-66-26-18-45-49(66)62-47(64-51(45)68-30-34-74-35-31-68)39-6-10-43(11-7-39)70(53(72)60-41-14-20-56-21-15-41)71(54(73)61-42-16-22-57-23-17-42)44-12-8-40(9-13-44)48-63-50-46(52(65-48)69-32-36-75-37-33-69)19-27-67(50)29-25-59-55(3,4)5/h6-23,26-27,38,58-59H,24-25,28-37H2,1-5H3,(H,56,60,72)(H,57,61,73). The van der Waals surface area contributed by atoms with Crippen molar-refractivity contribution in [2.24, 2.45) is 0 Å². The van der Waals surface area contributed by atoms with E-state index in [0.717, 1.165) is 64.5 Å². The molecule has 8 heterocycles. The van der Waals surface area contributed by atoms with E-state index >= 15 is 0 Å². The minimum absolute atomic E-state index is 0.0393. The fourth-order valence-corrected chi connectivity index (χ4v) is 9.15. The Balaban J connectivity index is 1.04. The van der Waals surface area contributed by atoms with Gasteiger partial charge < -0.3 is 49.7 Å². The summed E-state index contributed by atoms with van der Waals surface area (Å²) in [4.78, 5) is 63.4. The number of carbonyl (C=O) groups is 2. The highest BCUT2D eigenvalue weighted by atomic mass is 16.5. The van der Waals surface area contributed by atoms with Crippen LogP contribution >= 0.6 is 0 Å². The number of fused-ring (bicyclic) bond motifs is 2. The highest BCUT2D eigenvalue weighted by molar-refractivity contribution is 6.13. The Morgan fingerprint density at radius 1 is 0.573 bits per heavy atom. The number of hydrogen-bond acceptors (Lipinski definition) is 14. The average molecular weight is 1010 g/mol. The Labute approximate surface area is 436 Å². The SMILES string of the molecule is CC(C)NCCn1ccc2c(N3CCOCC3)nc(-c3ccc(N(C(=O)Nc4ccncc4)N(C(=O)Nc4ccncc4)c4ccc(-c5nc(N6CCOCC6)c6ccn(CCNC(C)(C)C)c6n5)cc4)cc3)nc21. The number of ether oxygens (including phenoxy) is 2. The number of rotatable bonds is 15. The van der Waals surface area contributed by atoms with Gasteiger partial charge in [-0.2, -0.15) is 10.0 Å². The van der Waals surface area contributed by atoms with Crippen LogP contribution in [0.5, 0.6) is 0 Å². The number of hydrogen-bond donors (Lipinski definition) is 4. The monoisotopic (exact) mass is 1010 g/mol. The van der Waals surface area contributed by atoms with E-state index in [9.17, 15) is 9.59 Å². The molecule has 10 rings (SSSR count). The second-order valence-corrected chi connectivity index (χ2v) is 19.8. The normalized spacial score (nSPS) is 14.2. The van der Waals surface area contributed by atoms with Crippen LogP contribution in [0.1, 0.15) is 34.6 Å². The average Bonchev–Trinajstić information content (AvgIpc) is 4.04. The lowest BCUT2D eigenvalue weighted by Gasteiger charge is -2.35. The summed E-state index contributed by atoms with van der Waals surface area (Å²) in [6, 6.07) is 24.7. The topological polar surface area (TPSA) is 201 Å². The highest BCUT2D eigenvalue weighted by Crippen LogP contribution is 2.34. The van der Waals surface area contributed by atoms with Gasteiger partial charge in [0.1, 0.15) is 22.9 Å². The van der Waals surface area contributed by atoms with Crippen LogP contribution in [-0.2, 0) is 22.6 Å². The molecule has 8 aromatic rings. The van der Waals surface area contributed by atoms with E-state index in [-0.39, 0.29) is 5.54 Å². The largest absolute Gasteiger partial charge is 0.378 e. The predicted molar refractivity (Wildman–Crippen MR) is 294 cm³/mol. The van der Waals surface area contributed by atoms with Crippen LogP contribution in [0.4, 0.5) is 44.0 Å². The van der Waals surface area contributed by atoms with E-state index in [4.69, 9.17) is 29.4 Å². The maximum atomic E-state index is 15.0. The van der Waals surface area contributed by atoms with Crippen LogP contribution in [0.15, 0.2) is 122 Å². The number of urea groups is 2. The van der Waals surface area contributed by atoms with Crippen molar-refractivity contribution in [2.75, 3.05) is 96.1 Å². The van der Waals surface area contributed by atoms with Crippen LogP contribution in [0.25, 0.3) is 44.8 Å². The van der Waals surface area contributed by atoms with Gasteiger partial charge in [0.2, 0.25) is 0 Å². The zero-order valence-corrected chi connectivity index (χ0v) is 43.1. The van der Waals surface area contributed by atoms with Crippen LogP contribution < -0.4 is 41.1 Å². The van der Waals surface area contributed by atoms with Gasteiger partial charge in [0.15, 0.2) is 11.6 Å². The molecule has 75 heavy (non-hydrogen) atoms. The Kier molecular flexibility index (Phi) is 15.2. The number of aromatic nitrogens is 8. The van der Waals surface area contributed by atoms with Gasteiger partial charge in [-0.25, -0.2) is 29.5 Å². The molecule has 2 aliphatic heterocycles. The van der Waals surface area contributed by atoms with Gasteiger partial charge in [-0.05, 0) is 106 Å². The van der Waals surface area contributed by atoms with Gasteiger partial charge in [0, 0.05) is 124 Å². The van der Waals surface area contributed by atoms with E-state index < -0.39 is 12.1 Å². The molecule has 20 nitrogen and oxygen atoms in total. The van der Waals surface area contributed by atoms with Crippen molar-refractivity contribution in [3.05, 3.63) is 122 Å². The number of amides is 4. The number of nitrogens with zero attached hydrogens (tertiary/aromatic N) is 12. The van der Waals surface area contributed by atoms with Gasteiger partial charge in [-0.1, -0.05) is 13.8 Å². The van der Waals surface area contributed by atoms with Crippen LogP contribution in [0.3, 0.4) is 0 Å². The van der Waals surface area contributed by atoms with Crippen molar-refractivity contribution in [1.82, 2.24) is 49.7 Å². The summed E-state index contributed by atoms with van der Waals surface area (Å²) in [5.74, 6) is 2.71. The van der Waals surface area contributed by atoms with Crippen molar-refractivity contribution in [3.8, 4) is 22.8 Å². The first-order valence-electron chi connectivity index (χ1n) is 25.6. The second kappa shape index (κ2) is 22.6. The van der Waals surface area contributed by atoms with Crippen molar-refractivity contribution >= 4 is 68.5 Å². The fourth-order valence-electron chi connectivity index (χ4n) is 9.15. The first kappa shape index (κ1) is 50.5. The number of anilines is 6. The molecule has 0 spiro atoms. The van der Waals surface area contributed by atoms with Gasteiger partial charge >= 0.3 is 12.1 Å². The zero-order chi connectivity index (χ0) is 51.9. The second-order valence-electron chi connectivity index (χ2n) is 19.8.